The van der Waals surface area contributed by atoms with Crippen LogP contribution in [0.2, 0.25) is 0 Å². The molecule has 1 aromatic heterocycles. The van der Waals surface area contributed by atoms with Gasteiger partial charge in [0.1, 0.15) is 5.69 Å². The first-order valence-corrected chi connectivity index (χ1v) is 5.67. The van der Waals surface area contributed by atoms with Crippen molar-refractivity contribution in [3.05, 3.63) is 60.8 Å². The maximum atomic E-state index is 5.92. The highest BCUT2D eigenvalue weighted by Crippen LogP contribution is 2.23. The van der Waals surface area contributed by atoms with E-state index in [0.29, 0.717) is 5.69 Å². The molecule has 0 atom stereocenters. The van der Waals surface area contributed by atoms with Crippen LogP contribution in [0.25, 0.3) is 16.9 Å². The van der Waals surface area contributed by atoms with Crippen LogP contribution in [0.1, 0.15) is 0 Å². The van der Waals surface area contributed by atoms with Gasteiger partial charge in [-0.25, -0.2) is 4.68 Å². The van der Waals surface area contributed by atoms with Crippen molar-refractivity contribution in [3.63, 3.8) is 0 Å². The number of nitrogens with two attached hydrogens (primary N) is 1. The smallest absolute Gasteiger partial charge is 0.115 e. The third-order valence-electron chi connectivity index (χ3n) is 2.75. The number of anilines is 1. The van der Waals surface area contributed by atoms with Crippen molar-refractivity contribution in [1.82, 2.24) is 15.0 Å². The van der Waals surface area contributed by atoms with Gasteiger partial charge < -0.3 is 5.73 Å². The summed E-state index contributed by atoms with van der Waals surface area (Å²) in [5, 5.41) is 8.27. The van der Waals surface area contributed by atoms with Crippen molar-refractivity contribution in [2.45, 2.75) is 0 Å². The Morgan fingerprint density at radius 2 is 1.61 bits per heavy atom. The van der Waals surface area contributed by atoms with Gasteiger partial charge >= 0.3 is 0 Å². The maximum Gasteiger partial charge on any atom is 0.115 e. The highest BCUT2D eigenvalue weighted by Gasteiger charge is 2.07. The molecule has 0 aliphatic heterocycles. The summed E-state index contributed by atoms with van der Waals surface area (Å²) in [6, 6.07) is 17.5. The van der Waals surface area contributed by atoms with Crippen LogP contribution >= 0.6 is 0 Å². The standard InChI is InChI=1S/C14H12N4/c15-13-9-5-4-8-12(13)14-10-18(17-16-14)11-6-2-1-3-7-11/h1-10H,15H2. The van der Waals surface area contributed by atoms with E-state index >= 15 is 0 Å². The minimum Gasteiger partial charge on any atom is -0.398 e. The van der Waals surface area contributed by atoms with Gasteiger partial charge in [0.15, 0.2) is 0 Å². The number of rotatable bonds is 2. The molecule has 88 valence electrons. The average molecular weight is 236 g/mol. The minimum atomic E-state index is 0.706. The average Bonchev–Trinajstić information content (AvgIpc) is 2.90. The Labute approximate surface area is 105 Å². The van der Waals surface area contributed by atoms with E-state index < -0.39 is 0 Å². The molecular weight excluding hydrogens is 224 g/mol. The first-order valence-electron chi connectivity index (χ1n) is 5.67. The highest BCUT2D eigenvalue weighted by atomic mass is 15.4. The predicted molar refractivity (Wildman–Crippen MR) is 71.2 cm³/mol. The van der Waals surface area contributed by atoms with Crippen molar-refractivity contribution in [2.24, 2.45) is 0 Å². The lowest BCUT2D eigenvalue weighted by atomic mass is 10.1. The Morgan fingerprint density at radius 3 is 2.39 bits per heavy atom. The minimum absolute atomic E-state index is 0.706. The van der Waals surface area contributed by atoms with E-state index in [1.807, 2.05) is 60.8 Å². The van der Waals surface area contributed by atoms with Crippen LogP contribution in [0.15, 0.2) is 60.8 Å². The first-order chi connectivity index (χ1) is 8.84. The lowest BCUT2D eigenvalue weighted by molar-refractivity contribution is 0.804. The molecule has 2 N–H and O–H groups in total. The molecule has 0 saturated carbocycles. The molecule has 0 saturated heterocycles. The maximum absolute atomic E-state index is 5.92. The molecule has 4 heteroatoms. The molecule has 0 aliphatic carbocycles. The van der Waals surface area contributed by atoms with E-state index in [1.54, 1.807) is 4.68 Å². The van der Waals surface area contributed by atoms with E-state index in [0.717, 1.165) is 16.9 Å². The molecule has 1 heterocycles. The Bertz CT molecular complexity index is 658. The second-order valence-corrected chi connectivity index (χ2v) is 3.97. The molecule has 0 bridgehead atoms. The zero-order valence-electron chi connectivity index (χ0n) is 9.69. The Balaban J connectivity index is 2.03. The van der Waals surface area contributed by atoms with Gasteiger partial charge in [-0.15, -0.1) is 5.10 Å². The predicted octanol–water partition coefficient (Wildman–Crippen LogP) is 2.52. The number of hydrogen-bond donors (Lipinski definition) is 1. The number of aromatic nitrogens is 3. The fourth-order valence-corrected chi connectivity index (χ4v) is 1.82. The van der Waals surface area contributed by atoms with Crippen LogP contribution in [-0.2, 0) is 0 Å². The second-order valence-electron chi connectivity index (χ2n) is 3.97. The third-order valence-corrected chi connectivity index (χ3v) is 2.75. The molecule has 0 spiro atoms. The Hall–Kier alpha value is -2.62. The molecule has 0 radical (unpaired) electrons. The summed E-state index contributed by atoms with van der Waals surface area (Å²) < 4.78 is 1.74. The van der Waals surface area contributed by atoms with Gasteiger partial charge in [0, 0.05) is 11.3 Å². The van der Waals surface area contributed by atoms with Gasteiger partial charge in [-0.1, -0.05) is 41.6 Å². The van der Waals surface area contributed by atoms with Crippen LogP contribution in [-0.4, -0.2) is 15.0 Å². The lowest BCUT2D eigenvalue weighted by Crippen LogP contribution is -1.93. The number of hydrogen-bond acceptors (Lipinski definition) is 3. The van der Waals surface area contributed by atoms with E-state index in [9.17, 15) is 0 Å². The summed E-state index contributed by atoms with van der Waals surface area (Å²) in [6.07, 6.45) is 1.88. The van der Waals surface area contributed by atoms with Crippen molar-refractivity contribution in [2.75, 3.05) is 5.73 Å². The third kappa shape index (κ3) is 1.84. The van der Waals surface area contributed by atoms with Gasteiger partial charge in [-0.2, -0.15) is 0 Å². The number of para-hydroxylation sites is 2. The zero-order valence-corrected chi connectivity index (χ0v) is 9.69. The van der Waals surface area contributed by atoms with Crippen LogP contribution in [0.4, 0.5) is 5.69 Å². The monoisotopic (exact) mass is 236 g/mol. The quantitative estimate of drug-likeness (QED) is 0.695. The van der Waals surface area contributed by atoms with E-state index in [4.69, 9.17) is 5.73 Å². The van der Waals surface area contributed by atoms with Crippen LogP contribution in [0, 0.1) is 0 Å². The number of nitrogens with zero attached hydrogens (tertiary/aromatic N) is 3. The Morgan fingerprint density at radius 1 is 0.889 bits per heavy atom. The molecule has 2 aromatic carbocycles. The zero-order chi connectivity index (χ0) is 12.4. The van der Waals surface area contributed by atoms with Crippen molar-refractivity contribution < 1.29 is 0 Å². The van der Waals surface area contributed by atoms with Crippen molar-refractivity contribution >= 4 is 5.69 Å². The summed E-state index contributed by atoms with van der Waals surface area (Å²) in [5.41, 5.74) is 9.28. The van der Waals surface area contributed by atoms with Gasteiger partial charge in [-0.05, 0) is 18.2 Å². The van der Waals surface area contributed by atoms with E-state index in [2.05, 4.69) is 10.3 Å². The van der Waals surface area contributed by atoms with Crippen LogP contribution in [0.3, 0.4) is 0 Å². The van der Waals surface area contributed by atoms with Gasteiger partial charge in [-0.3, -0.25) is 0 Å². The second kappa shape index (κ2) is 4.33. The summed E-state index contributed by atoms with van der Waals surface area (Å²) in [7, 11) is 0. The fourth-order valence-electron chi connectivity index (χ4n) is 1.82. The number of nitrogen functional groups attached to an aromatic ring is 1. The summed E-state index contributed by atoms with van der Waals surface area (Å²) >= 11 is 0. The van der Waals surface area contributed by atoms with Crippen molar-refractivity contribution in [1.29, 1.82) is 0 Å². The van der Waals surface area contributed by atoms with Crippen LogP contribution in [0.5, 0.6) is 0 Å². The molecule has 3 rings (SSSR count). The molecule has 0 amide bonds. The molecule has 4 nitrogen and oxygen atoms in total. The topological polar surface area (TPSA) is 56.7 Å². The molecular formula is C14H12N4. The normalized spacial score (nSPS) is 10.4. The molecule has 3 aromatic rings. The summed E-state index contributed by atoms with van der Waals surface area (Å²) in [4.78, 5) is 0. The Kier molecular flexibility index (Phi) is 2.53. The summed E-state index contributed by atoms with van der Waals surface area (Å²) in [6.45, 7) is 0. The van der Waals surface area contributed by atoms with Crippen molar-refractivity contribution in [3.8, 4) is 16.9 Å². The lowest BCUT2D eigenvalue weighted by Gasteiger charge is -2.00. The van der Waals surface area contributed by atoms with E-state index in [-0.39, 0.29) is 0 Å². The molecule has 0 aliphatic rings. The molecule has 0 unspecified atom stereocenters. The molecule has 18 heavy (non-hydrogen) atoms. The SMILES string of the molecule is Nc1ccccc1-c1cn(-c2ccccc2)nn1. The summed E-state index contributed by atoms with van der Waals surface area (Å²) in [5.74, 6) is 0. The van der Waals surface area contributed by atoms with Gasteiger partial charge in [0.05, 0.1) is 11.9 Å². The first kappa shape index (κ1) is 10.5. The highest BCUT2D eigenvalue weighted by molar-refractivity contribution is 5.72. The fraction of sp³-hybridized carbons (Fsp3) is 0. The largest absolute Gasteiger partial charge is 0.398 e. The van der Waals surface area contributed by atoms with Crippen LogP contribution < -0.4 is 5.73 Å². The van der Waals surface area contributed by atoms with Gasteiger partial charge in [0.25, 0.3) is 0 Å². The molecule has 0 fully saturated rings. The number of benzene rings is 2. The van der Waals surface area contributed by atoms with E-state index in [1.165, 1.54) is 0 Å². The van der Waals surface area contributed by atoms with Gasteiger partial charge in [0.2, 0.25) is 0 Å².